The molecule has 118 valence electrons. The Hall–Kier alpha value is -2.23. The van der Waals surface area contributed by atoms with Crippen LogP contribution in [0.3, 0.4) is 0 Å². The van der Waals surface area contributed by atoms with Gasteiger partial charge in [-0.05, 0) is 0 Å². The Balaban J connectivity index is 1.94. The van der Waals surface area contributed by atoms with E-state index >= 15 is 0 Å². The van der Waals surface area contributed by atoms with Crippen LogP contribution in [0.15, 0.2) is 60.7 Å². The third kappa shape index (κ3) is 2.01. The molecule has 0 saturated carbocycles. The Labute approximate surface area is 134 Å². The molecule has 2 aliphatic heterocycles. The Bertz CT molecular complexity index is 758. The van der Waals surface area contributed by atoms with Crippen LogP contribution < -0.4 is 5.30 Å². The predicted molar refractivity (Wildman–Crippen MR) is 86.9 cm³/mol. The monoisotopic (exact) mass is 329 g/mol. The number of carbonyl (C=O) groups excluding carboxylic acids is 2. The van der Waals surface area contributed by atoms with Crippen molar-refractivity contribution >= 4 is 24.5 Å². The minimum absolute atomic E-state index is 0.0886. The second-order valence-corrected chi connectivity index (χ2v) is 9.73. The van der Waals surface area contributed by atoms with Gasteiger partial charge >= 0.3 is 133 Å². The van der Waals surface area contributed by atoms with Gasteiger partial charge in [0, 0.05) is 0 Å². The Morgan fingerprint density at radius 2 is 1.35 bits per heavy atom. The van der Waals surface area contributed by atoms with Crippen LogP contribution in [0.4, 0.5) is 0 Å². The summed E-state index contributed by atoms with van der Waals surface area (Å²) in [6, 6.07) is 19.1. The first kappa shape index (κ1) is 14.4. The number of carbonyl (C=O) groups is 2. The second kappa shape index (κ2) is 4.88. The van der Waals surface area contributed by atoms with Crippen molar-refractivity contribution in [3.8, 4) is 0 Å². The zero-order valence-corrected chi connectivity index (χ0v) is 13.3. The molecule has 0 atom stereocenters. The van der Waals surface area contributed by atoms with Crippen molar-refractivity contribution in [1.82, 2.24) is 4.67 Å². The molecule has 0 aromatic heterocycles. The molecular formula is C17H16NO4P. The molecule has 2 saturated heterocycles. The Kier molecular flexibility index (Phi) is 3.05. The summed E-state index contributed by atoms with van der Waals surface area (Å²) in [6.45, 7) is 0.177. The van der Waals surface area contributed by atoms with Crippen LogP contribution in [0.5, 0.6) is 0 Å². The number of rotatable bonds is 3. The van der Waals surface area contributed by atoms with E-state index in [4.69, 9.17) is 9.05 Å². The molecule has 2 aromatic rings. The summed E-state index contributed by atoms with van der Waals surface area (Å²) in [5, 5.41) is 0.777. The van der Waals surface area contributed by atoms with Gasteiger partial charge in [-0.15, -0.1) is 0 Å². The van der Waals surface area contributed by atoms with Crippen molar-refractivity contribution in [3.63, 3.8) is 0 Å². The number of nitrogens with zero attached hydrogens (tertiary/aromatic N) is 1. The fourth-order valence-electron chi connectivity index (χ4n) is 3.40. The fraction of sp³-hybridized carbons (Fsp3) is 0.176. The fourth-order valence-corrected chi connectivity index (χ4v) is 8.09. The number of benzene rings is 2. The first-order valence-corrected chi connectivity index (χ1v) is 9.65. The Morgan fingerprint density at radius 3 is 1.91 bits per heavy atom. The van der Waals surface area contributed by atoms with Gasteiger partial charge in [-0.1, -0.05) is 0 Å². The average Bonchev–Trinajstić information content (AvgIpc) is 2.96. The molecule has 2 aromatic carbocycles. The first-order valence-electron chi connectivity index (χ1n) is 7.44. The van der Waals surface area contributed by atoms with E-state index < -0.39 is 7.21 Å². The van der Waals surface area contributed by atoms with Gasteiger partial charge < -0.3 is 0 Å². The molecule has 4 rings (SSSR count). The van der Waals surface area contributed by atoms with Crippen LogP contribution >= 0.6 is 7.21 Å². The molecule has 2 fully saturated rings. The van der Waals surface area contributed by atoms with Gasteiger partial charge in [0.1, 0.15) is 0 Å². The van der Waals surface area contributed by atoms with E-state index in [0.29, 0.717) is 6.16 Å². The molecule has 5 nitrogen and oxygen atoms in total. The topological polar surface area (TPSA) is 55.8 Å². The first-order chi connectivity index (χ1) is 11.1. The van der Waals surface area contributed by atoms with Crippen LogP contribution in [0, 0.1) is 0 Å². The van der Waals surface area contributed by atoms with Gasteiger partial charge in [0.25, 0.3) is 0 Å². The molecule has 0 N–H and O–H groups in total. The number of hydrogen-bond acceptors (Lipinski definition) is 5. The molecule has 2 heterocycles. The zero-order chi connectivity index (χ0) is 15.9. The maximum atomic E-state index is 12.1. The summed E-state index contributed by atoms with van der Waals surface area (Å²) in [6.07, 6.45) is 0.383. The van der Waals surface area contributed by atoms with E-state index in [-0.39, 0.29) is 25.0 Å². The molecule has 0 amide bonds. The predicted octanol–water partition coefficient (Wildman–Crippen LogP) is 2.23. The average molecular weight is 329 g/mol. The summed E-state index contributed by atoms with van der Waals surface area (Å²) in [5.41, 5.74) is 0.975. The third-order valence-electron chi connectivity index (χ3n) is 4.35. The van der Waals surface area contributed by atoms with Crippen LogP contribution in [-0.4, -0.2) is 29.7 Å². The van der Waals surface area contributed by atoms with E-state index in [0.717, 1.165) is 10.9 Å². The summed E-state index contributed by atoms with van der Waals surface area (Å²) in [4.78, 5) is 24.2. The molecule has 23 heavy (non-hydrogen) atoms. The zero-order valence-electron chi connectivity index (χ0n) is 12.4. The second-order valence-electron chi connectivity index (χ2n) is 5.81. The van der Waals surface area contributed by atoms with E-state index in [1.165, 1.54) is 0 Å². The maximum absolute atomic E-state index is 12.1. The van der Waals surface area contributed by atoms with Crippen molar-refractivity contribution < 1.29 is 18.6 Å². The van der Waals surface area contributed by atoms with Crippen LogP contribution in [0.1, 0.15) is 5.56 Å². The Morgan fingerprint density at radius 1 is 0.826 bits per heavy atom. The minimum atomic E-state index is -3.76. The van der Waals surface area contributed by atoms with E-state index in [2.05, 4.69) is 0 Å². The SMILES string of the molecule is O=C1CN2CC(=O)OP2(Cc2ccccc2)(c2ccccc2)O1. The van der Waals surface area contributed by atoms with Crippen molar-refractivity contribution in [2.75, 3.05) is 13.1 Å². The van der Waals surface area contributed by atoms with Crippen LogP contribution in [-0.2, 0) is 24.8 Å². The molecule has 0 unspecified atom stereocenters. The standard InChI is InChI=1S/C17H16NO4P/c19-16-11-18-12-17(20)22-23(18,21-16,15-9-5-2-6-10-15)13-14-7-3-1-4-8-14/h1-10H,11-13H2. The van der Waals surface area contributed by atoms with Crippen LogP contribution in [0.2, 0.25) is 0 Å². The molecule has 0 spiro atoms. The van der Waals surface area contributed by atoms with Gasteiger partial charge in [-0.3, -0.25) is 0 Å². The normalized spacial score (nSPS) is 23.4. The quantitative estimate of drug-likeness (QED) is 0.808. The summed E-state index contributed by atoms with van der Waals surface area (Å²) >= 11 is 0. The molecule has 0 bridgehead atoms. The van der Waals surface area contributed by atoms with E-state index in [1.807, 2.05) is 65.3 Å². The van der Waals surface area contributed by atoms with Crippen molar-refractivity contribution in [3.05, 3.63) is 66.2 Å². The molecule has 2 aliphatic rings. The molecule has 6 heteroatoms. The number of fused-ring (bicyclic) bond motifs is 1. The van der Waals surface area contributed by atoms with E-state index in [9.17, 15) is 9.59 Å². The summed E-state index contributed by atoms with van der Waals surface area (Å²) in [7, 11) is -3.76. The van der Waals surface area contributed by atoms with Gasteiger partial charge in [-0.25, -0.2) is 0 Å². The van der Waals surface area contributed by atoms with Gasteiger partial charge in [-0.2, -0.15) is 0 Å². The molecule has 0 aliphatic carbocycles. The van der Waals surface area contributed by atoms with Crippen LogP contribution in [0.25, 0.3) is 0 Å². The summed E-state index contributed by atoms with van der Waals surface area (Å²) in [5.74, 6) is -0.676. The van der Waals surface area contributed by atoms with Gasteiger partial charge in [0.2, 0.25) is 0 Å². The van der Waals surface area contributed by atoms with Crippen molar-refractivity contribution in [1.29, 1.82) is 0 Å². The van der Waals surface area contributed by atoms with Gasteiger partial charge in [0.05, 0.1) is 0 Å². The van der Waals surface area contributed by atoms with E-state index in [1.54, 1.807) is 0 Å². The van der Waals surface area contributed by atoms with Crippen molar-refractivity contribution in [2.24, 2.45) is 0 Å². The third-order valence-corrected chi connectivity index (χ3v) is 9.17. The molecular weight excluding hydrogens is 313 g/mol. The molecule has 0 radical (unpaired) electrons. The van der Waals surface area contributed by atoms with Crippen molar-refractivity contribution in [2.45, 2.75) is 6.16 Å². The summed E-state index contributed by atoms with van der Waals surface area (Å²) < 4.78 is 13.6. The van der Waals surface area contributed by atoms with Gasteiger partial charge in [0.15, 0.2) is 0 Å². The number of hydrogen-bond donors (Lipinski definition) is 0.